The lowest BCUT2D eigenvalue weighted by molar-refractivity contribution is -0.0712. The van der Waals surface area contributed by atoms with Crippen LogP contribution in [0.25, 0.3) is 11.0 Å². The van der Waals surface area contributed by atoms with Crippen molar-refractivity contribution in [1.82, 2.24) is 9.97 Å². The first kappa shape index (κ1) is 31.1. The third kappa shape index (κ3) is 6.96. The van der Waals surface area contributed by atoms with Gasteiger partial charge >= 0.3 is 5.97 Å². The average molecular weight is 583 g/mol. The number of methoxy groups -OCH3 is 3. The predicted molar refractivity (Wildman–Crippen MR) is 164 cm³/mol. The Morgan fingerprint density at radius 1 is 1.05 bits per heavy atom. The zero-order chi connectivity index (χ0) is 29.9. The highest BCUT2D eigenvalue weighted by atomic mass is 28.4. The van der Waals surface area contributed by atoms with E-state index >= 15 is 0 Å². The van der Waals surface area contributed by atoms with Gasteiger partial charge in [0.25, 0.3) is 0 Å². The van der Waals surface area contributed by atoms with Gasteiger partial charge < -0.3 is 28.4 Å². The third-order valence-corrected chi connectivity index (χ3v) is 13.1. The van der Waals surface area contributed by atoms with Gasteiger partial charge in [-0.3, -0.25) is 0 Å². The summed E-state index contributed by atoms with van der Waals surface area (Å²) in [5.41, 5.74) is 3.95. The van der Waals surface area contributed by atoms with Gasteiger partial charge in [0.2, 0.25) is 0 Å². The number of H-pyrrole nitrogens is 1. The molecular weight excluding hydrogens is 536 g/mol. The number of hydrogen-bond acceptors (Lipinski definition) is 7. The Morgan fingerprint density at radius 2 is 1.68 bits per heavy atom. The Labute approximate surface area is 245 Å². The summed E-state index contributed by atoms with van der Waals surface area (Å²) in [6, 6.07) is 9.47. The summed E-state index contributed by atoms with van der Waals surface area (Å²) in [4.78, 5) is 20.4. The molecule has 0 spiro atoms. The fraction of sp³-hybridized carbons (Fsp3) is 0.562. The minimum Gasteiger partial charge on any atom is -0.496 e. The molecule has 0 aliphatic heterocycles. The Morgan fingerprint density at radius 3 is 2.24 bits per heavy atom. The molecule has 224 valence electrons. The van der Waals surface area contributed by atoms with E-state index in [1.807, 2.05) is 13.0 Å². The van der Waals surface area contributed by atoms with Gasteiger partial charge in [-0.05, 0) is 73.8 Å². The van der Waals surface area contributed by atoms with E-state index < -0.39 is 8.32 Å². The molecule has 1 aliphatic carbocycles. The van der Waals surface area contributed by atoms with Crippen LogP contribution in [-0.4, -0.2) is 57.8 Å². The fourth-order valence-corrected chi connectivity index (χ4v) is 6.49. The van der Waals surface area contributed by atoms with Crippen LogP contribution in [0.5, 0.6) is 11.5 Å². The lowest BCUT2D eigenvalue weighted by Gasteiger charge is -2.42. The molecule has 1 N–H and O–H groups in total. The molecule has 8 nitrogen and oxygen atoms in total. The van der Waals surface area contributed by atoms with E-state index in [2.05, 4.69) is 51.0 Å². The smallest absolute Gasteiger partial charge is 0.337 e. The quantitative estimate of drug-likeness (QED) is 0.187. The summed E-state index contributed by atoms with van der Waals surface area (Å²) in [5.74, 6) is 1.90. The van der Waals surface area contributed by atoms with Crippen LogP contribution < -0.4 is 9.47 Å². The van der Waals surface area contributed by atoms with Crippen molar-refractivity contribution in [2.24, 2.45) is 0 Å². The van der Waals surface area contributed by atoms with Crippen LogP contribution in [-0.2, 0) is 20.3 Å². The number of nitrogens with one attached hydrogen (secondary N) is 1. The van der Waals surface area contributed by atoms with Crippen LogP contribution in [0, 0.1) is 6.92 Å². The number of benzene rings is 2. The second-order valence-electron chi connectivity index (χ2n) is 12.5. The maximum absolute atomic E-state index is 12.1. The molecule has 4 rings (SSSR count). The van der Waals surface area contributed by atoms with Crippen molar-refractivity contribution in [3.63, 3.8) is 0 Å². The zero-order valence-corrected chi connectivity index (χ0v) is 27.1. The number of ether oxygens (including phenoxy) is 4. The van der Waals surface area contributed by atoms with Gasteiger partial charge in [-0.2, -0.15) is 0 Å². The Balaban J connectivity index is 1.80. The number of imidazole rings is 1. The van der Waals surface area contributed by atoms with Crippen molar-refractivity contribution in [2.45, 2.75) is 96.2 Å². The lowest BCUT2D eigenvalue weighted by atomic mass is 9.99. The van der Waals surface area contributed by atoms with Gasteiger partial charge in [0.1, 0.15) is 17.3 Å². The normalized spacial score (nSPS) is 16.1. The molecule has 3 aromatic rings. The Bertz CT molecular complexity index is 1330. The van der Waals surface area contributed by atoms with Crippen LogP contribution in [0.2, 0.25) is 18.1 Å². The number of esters is 1. The van der Waals surface area contributed by atoms with Gasteiger partial charge in [-0.15, -0.1) is 0 Å². The van der Waals surface area contributed by atoms with Gasteiger partial charge in [0, 0.05) is 12.0 Å². The maximum Gasteiger partial charge on any atom is 0.337 e. The number of nitrogens with zero attached hydrogens (tertiary/aromatic N) is 1. The van der Waals surface area contributed by atoms with E-state index in [-0.39, 0.29) is 29.3 Å². The molecule has 1 fully saturated rings. The summed E-state index contributed by atoms with van der Waals surface area (Å²) in [6.45, 7) is 13.3. The number of aromatic amines is 1. The molecule has 9 heteroatoms. The minimum atomic E-state index is -2.26. The monoisotopic (exact) mass is 582 g/mol. The van der Waals surface area contributed by atoms with Crippen molar-refractivity contribution in [3.05, 3.63) is 52.8 Å². The summed E-state index contributed by atoms with van der Waals surface area (Å²) in [5, 5.41) is -0.00826. The number of carbonyl (C=O) groups excluding carboxylic acids is 1. The molecule has 2 atom stereocenters. The minimum absolute atomic E-state index is 0.00826. The summed E-state index contributed by atoms with van der Waals surface area (Å²) in [6.07, 6.45) is 4.38. The van der Waals surface area contributed by atoms with Crippen molar-refractivity contribution in [3.8, 4) is 11.5 Å². The molecular formula is C32H46N2O6Si. The van der Waals surface area contributed by atoms with E-state index in [1.54, 1.807) is 26.4 Å². The highest BCUT2D eigenvalue weighted by Crippen LogP contribution is 2.44. The van der Waals surface area contributed by atoms with Gasteiger partial charge in [-0.25, -0.2) is 9.78 Å². The van der Waals surface area contributed by atoms with Crippen LogP contribution in [0.1, 0.15) is 79.9 Å². The zero-order valence-electron chi connectivity index (χ0n) is 26.1. The first-order chi connectivity index (χ1) is 19.4. The molecule has 0 saturated heterocycles. The fourth-order valence-electron chi connectivity index (χ4n) is 5.22. The number of aromatic nitrogens is 2. The SMILES string of the molecule is COC(=O)c1ccc2nc(CC(OC3CCCC3)C(O[Si](C)(C)C(C)(C)C)c3cc(OC)c(C)c(OC)c3)[nH]c2c1. The van der Waals surface area contributed by atoms with Crippen LogP contribution in [0.3, 0.4) is 0 Å². The molecule has 41 heavy (non-hydrogen) atoms. The molecule has 0 bridgehead atoms. The highest BCUT2D eigenvalue weighted by Gasteiger charge is 2.42. The largest absolute Gasteiger partial charge is 0.496 e. The Hall–Kier alpha value is -2.88. The number of fused-ring (bicyclic) bond motifs is 1. The molecule has 1 heterocycles. The summed E-state index contributed by atoms with van der Waals surface area (Å²) < 4.78 is 30.6. The van der Waals surface area contributed by atoms with E-state index in [9.17, 15) is 4.79 Å². The first-order valence-corrected chi connectivity index (χ1v) is 17.4. The predicted octanol–water partition coefficient (Wildman–Crippen LogP) is 7.31. The molecule has 1 aliphatic rings. The third-order valence-electron chi connectivity index (χ3n) is 8.68. The molecule has 0 radical (unpaired) electrons. The standard InChI is InChI=1S/C32H46N2O6Si/c1-20-26(36-5)17-22(18-27(20)37-6)30(40-41(8,9)32(2,3)4)28(39-23-12-10-11-13-23)19-29-33-24-15-14-21(31(35)38-7)16-25(24)34-29/h14-18,23,28,30H,10-13,19H2,1-9H3,(H,33,34). The number of carbonyl (C=O) groups is 1. The van der Waals surface area contributed by atoms with E-state index in [1.165, 1.54) is 7.11 Å². The second kappa shape index (κ2) is 12.5. The van der Waals surface area contributed by atoms with Crippen molar-refractivity contribution >= 4 is 25.3 Å². The average Bonchev–Trinajstić information content (AvgIpc) is 3.59. The van der Waals surface area contributed by atoms with Crippen molar-refractivity contribution in [2.75, 3.05) is 21.3 Å². The number of hydrogen-bond donors (Lipinski definition) is 1. The molecule has 2 unspecified atom stereocenters. The second-order valence-corrected chi connectivity index (χ2v) is 17.3. The van der Waals surface area contributed by atoms with Crippen molar-refractivity contribution < 1.29 is 28.2 Å². The number of rotatable bonds is 11. The van der Waals surface area contributed by atoms with Crippen LogP contribution in [0.15, 0.2) is 30.3 Å². The first-order valence-electron chi connectivity index (χ1n) is 14.5. The van der Waals surface area contributed by atoms with Gasteiger partial charge in [-0.1, -0.05) is 33.6 Å². The summed E-state index contributed by atoms with van der Waals surface area (Å²) in [7, 11) is 2.49. The van der Waals surface area contributed by atoms with Crippen molar-refractivity contribution in [1.29, 1.82) is 0 Å². The van der Waals surface area contributed by atoms with E-state index in [0.29, 0.717) is 12.0 Å². The Kier molecular flexibility index (Phi) is 9.51. The van der Waals surface area contributed by atoms with Gasteiger partial charge in [0.05, 0.1) is 56.2 Å². The van der Waals surface area contributed by atoms with Crippen LogP contribution in [0.4, 0.5) is 0 Å². The summed E-state index contributed by atoms with van der Waals surface area (Å²) >= 11 is 0. The maximum atomic E-state index is 12.1. The van der Waals surface area contributed by atoms with Gasteiger partial charge in [0.15, 0.2) is 8.32 Å². The topological polar surface area (TPSA) is 91.9 Å². The molecule has 1 saturated carbocycles. The van der Waals surface area contributed by atoms with E-state index in [4.69, 9.17) is 28.4 Å². The highest BCUT2D eigenvalue weighted by molar-refractivity contribution is 6.74. The molecule has 2 aromatic carbocycles. The molecule has 1 aromatic heterocycles. The van der Waals surface area contributed by atoms with Crippen LogP contribution >= 0.6 is 0 Å². The molecule has 0 amide bonds. The lowest BCUT2D eigenvalue weighted by Crippen LogP contribution is -2.45. The van der Waals surface area contributed by atoms with E-state index in [0.717, 1.165) is 65.2 Å².